The number of pyridine rings is 1. The van der Waals surface area contributed by atoms with Gasteiger partial charge in [-0.2, -0.15) is 0 Å². The minimum absolute atomic E-state index is 0.141. The number of benzene rings is 1. The first-order chi connectivity index (χ1) is 20.0. The van der Waals surface area contributed by atoms with Crippen molar-refractivity contribution < 1.29 is 23.9 Å². The Morgan fingerprint density at radius 3 is 2.57 bits per heavy atom. The highest BCUT2D eigenvalue weighted by atomic mass is 32.1. The largest absolute Gasteiger partial charge is 0.462 e. The van der Waals surface area contributed by atoms with Crippen molar-refractivity contribution in [2.45, 2.75) is 79.9 Å². The lowest BCUT2D eigenvalue weighted by Gasteiger charge is -2.33. The zero-order chi connectivity index (χ0) is 30.2. The summed E-state index contributed by atoms with van der Waals surface area (Å²) in [7, 11) is 0. The molecular formula is C33H41N3O5S. The van der Waals surface area contributed by atoms with Gasteiger partial charge in [-0.1, -0.05) is 45.9 Å². The average Bonchev–Trinajstić information content (AvgIpc) is 3.32. The van der Waals surface area contributed by atoms with E-state index in [2.05, 4.69) is 37.9 Å². The maximum Gasteiger partial charge on any atom is 0.341 e. The van der Waals surface area contributed by atoms with E-state index < -0.39 is 23.9 Å². The molecule has 9 heteroatoms. The molecule has 2 unspecified atom stereocenters. The Bertz CT molecular complexity index is 1520. The van der Waals surface area contributed by atoms with Crippen LogP contribution in [0.4, 0.5) is 5.00 Å². The zero-order valence-corrected chi connectivity index (χ0v) is 26.3. The minimum Gasteiger partial charge on any atom is -0.462 e. The second kappa shape index (κ2) is 12.1. The fourth-order valence-electron chi connectivity index (χ4n) is 6.07. The Morgan fingerprint density at radius 1 is 1.10 bits per heavy atom. The van der Waals surface area contributed by atoms with Crippen molar-refractivity contribution in [3.8, 4) is 0 Å². The van der Waals surface area contributed by atoms with E-state index in [1.54, 1.807) is 13.8 Å². The molecule has 0 radical (unpaired) electrons. The van der Waals surface area contributed by atoms with Crippen molar-refractivity contribution >= 4 is 45.1 Å². The van der Waals surface area contributed by atoms with Crippen LogP contribution in [0.3, 0.4) is 0 Å². The van der Waals surface area contributed by atoms with Crippen LogP contribution in [0.1, 0.15) is 90.4 Å². The minimum atomic E-state index is -1.08. The van der Waals surface area contributed by atoms with Gasteiger partial charge in [-0.05, 0) is 62.6 Å². The second-order valence-corrected chi connectivity index (χ2v) is 13.4. The van der Waals surface area contributed by atoms with Gasteiger partial charge in [-0.25, -0.2) is 9.59 Å². The van der Waals surface area contributed by atoms with Crippen LogP contribution in [0, 0.1) is 11.3 Å². The molecule has 0 saturated heterocycles. The summed E-state index contributed by atoms with van der Waals surface area (Å²) >= 11 is 1.43. The molecule has 2 aromatic heterocycles. The van der Waals surface area contributed by atoms with Crippen LogP contribution in [-0.4, -0.2) is 53.5 Å². The molecule has 5 rings (SSSR count). The number of hydrogen-bond donors (Lipinski definition) is 1. The molecule has 0 spiro atoms. The SMILES string of the molecule is CCOC(=O)c1c(NC(=O)C(C)OC(=O)c2c3c(nc4ccccc24)CCN(CC)C3)sc2c1CCC(C(C)(C)C)C2. The molecule has 1 amide bonds. The van der Waals surface area contributed by atoms with E-state index in [1.807, 2.05) is 24.3 Å². The van der Waals surface area contributed by atoms with Gasteiger partial charge in [0.15, 0.2) is 6.10 Å². The molecule has 3 aromatic rings. The number of carbonyl (C=O) groups excluding carboxylic acids is 3. The van der Waals surface area contributed by atoms with E-state index in [4.69, 9.17) is 14.5 Å². The second-order valence-electron chi connectivity index (χ2n) is 12.3. The van der Waals surface area contributed by atoms with Gasteiger partial charge in [0.2, 0.25) is 0 Å². The molecule has 224 valence electrons. The number of amides is 1. The van der Waals surface area contributed by atoms with E-state index in [0.717, 1.165) is 71.4 Å². The molecule has 8 nitrogen and oxygen atoms in total. The number of nitrogens with zero attached hydrogens (tertiary/aromatic N) is 2. The van der Waals surface area contributed by atoms with Crippen molar-refractivity contribution in [1.82, 2.24) is 9.88 Å². The number of anilines is 1. The third-order valence-electron chi connectivity index (χ3n) is 8.64. The van der Waals surface area contributed by atoms with Crippen LogP contribution in [0.2, 0.25) is 0 Å². The Balaban J connectivity index is 1.40. The van der Waals surface area contributed by atoms with Crippen LogP contribution in [0.15, 0.2) is 24.3 Å². The molecule has 3 heterocycles. The maximum absolute atomic E-state index is 13.7. The third kappa shape index (κ3) is 5.95. The van der Waals surface area contributed by atoms with Crippen LogP contribution >= 0.6 is 11.3 Å². The summed E-state index contributed by atoms with van der Waals surface area (Å²) in [5.41, 5.74) is 4.52. The summed E-state index contributed by atoms with van der Waals surface area (Å²) < 4.78 is 11.2. The van der Waals surface area contributed by atoms with Crippen LogP contribution < -0.4 is 5.32 Å². The molecular weight excluding hydrogens is 550 g/mol. The first-order valence-corrected chi connectivity index (χ1v) is 15.8. The van der Waals surface area contributed by atoms with E-state index >= 15 is 0 Å². The van der Waals surface area contributed by atoms with Gasteiger partial charge >= 0.3 is 11.9 Å². The monoisotopic (exact) mass is 591 g/mol. The number of carbonyl (C=O) groups is 3. The van der Waals surface area contributed by atoms with Crippen molar-refractivity contribution in [1.29, 1.82) is 0 Å². The van der Waals surface area contributed by atoms with Gasteiger partial charge in [-0.15, -0.1) is 11.3 Å². The summed E-state index contributed by atoms with van der Waals surface area (Å²) in [6.07, 6.45) is 2.26. The van der Waals surface area contributed by atoms with Crippen LogP contribution in [0.25, 0.3) is 10.9 Å². The number of rotatable bonds is 7. The molecule has 1 aliphatic heterocycles. The van der Waals surface area contributed by atoms with Gasteiger partial charge < -0.3 is 14.8 Å². The summed E-state index contributed by atoms with van der Waals surface area (Å²) in [6, 6.07) is 7.55. The molecule has 42 heavy (non-hydrogen) atoms. The predicted octanol–water partition coefficient (Wildman–Crippen LogP) is 6.19. The van der Waals surface area contributed by atoms with Crippen molar-refractivity contribution in [3.63, 3.8) is 0 Å². The number of thiophene rings is 1. The number of esters is 2. The van der Waals surface area contributed by atoms with E-state index in [9.17, 15) is 14.4 Å². The van der Waals surface area contributed by atoms with E-state index in [-0.39, 0.29) is 12.0 Å². The average molecular weight is 592 g/mol. The first-order valence-electron chi connectivity index (χ1n) is 15.0. The van der Waals surface area contributed by atoms with Gasteiger partial charge in [0.25, 0.3) is 5.91 Å². The number of fused-ring (bicyclic) bond motifs is 3. The van der Waals surface area contributed by atoms with E-state index in [0.29, 0.717) is 28.6 Å². The normalized spacial score (nSPS) is 17.7. The fraction of sp³-hybridized carbons (Fsp3) is 0.515. The predicted molar refractivity (Wildman–Crippen MR) is 165 cm³/mol. The van der Waals surface area contributed by atoms with Gasteiger partial charge in [0.1, 0.15) is 5.00 Å². The van der Waals surface area contributed by atoms with Gasteiger partial charge in [0, 0.05) is 41.0 Å². The van der Waals surface area contributed by atoms with Crippen molar-refractivity contribution in [2.24, 2.45) is 11.3 Å². The van der Waals surface area contributed by atoms with Crippen LogP contribution in [-0.2, 0) is 40.1 Å². The van der Waals surface area contributed by atoms with Gasteiger partial charge in [0.05, 0.1) is 23.3 Å². The number of para-hydroxylation sites is 1. The highest BCUT2D eigenvalue weighted by Gasteiger charge is 2.35. The smallest absolute Gasteiger partial charge is 0.341 e. The molecule has 0 saturated carbocycles. The Hall–Kier alpha value is -3.30. The molecule has 1 aromatic carbocycles. The standard InChI is InChI=1S/C33H41N3O5S/c1-7-36-16-15-25-23(18-36)27(21-11-9-10-12-24(21)34-25)32(39)41-19(3)29(37)35-30-28(31(38)40-8-2)22-14-13-20(33(4,5)6)17-26(22)42-30/h9-12,19-20H,7-8,13-18H2,1-6H3,(H,35,37). The zero-order valence-electron chi connectivity index (χ0n) is 25.5. The fourth-order valence-corrected chi connectivity index (χ4v) is 7.39. The number of nitrogens with one attached hydrogen (secondary N) is 1. The lowest BCUT2D eigenvalue weighted by atomic mass is 9.72. The van der Waals surface area contributed by atoms with Crippen LogP contribution in [0.5, 0.6) is 0 Å². The number of aromatic nitrogens is 1. The van der Waals surface area contributed by atoms with E-state index in [1.165, 1.54) is 11.3 Å². The summed E-state index contributed by atoms with van der Waals surface area (Å²) in [4.78, 5) is 48.4. The number of ether oxygens (including phenoxy) is 2. The molecule has 2 atom stereocenters. The Morgan fingerprint density at radius 2 is 1.86 bits per heavy atom. The Kier molecular flexibility index (Phi) is 8.71. The van der Waals surface area contributed by atoms with Gasteiger partial charge in [-0.3, -0.25) is 14.7 Å². The summed E-state index contributed by atoms with van der Waals surface area (Å²) in [6.45, 7) is 14.7. The third-order valence-corrected chi connectivity index (χ3v) is 9.81. The van der Waals surface area contributed by atoms with Crippen molar-refractivity contribution in [2.75, 3.05) is 25.0 Å². The lowest BCUT2D eigenvalue weighted by molar-refractivity contribution is -0.123. The highest BCUT2D eigenvalue weighted by Crippen LogP contribution is 2.44. The summed E-state index contributed by atoms with van der Waals surface area (Å²) in [5.74, 6) is -0.983. The molecule has 0 bridgehead atoms. The number of hydrogen-bond acceptors (Lipinski definition) is 8. The molecule has 1 N–H and O–H groups in total. The Labute approximate surface area is 251 Å². The molecule has 1 aliphatic carbocycles. The lowest BCUT2D eigenvalue weighted by Crippen LogP contribution is -2.34. The number of likely N-dealkylation sites (N-methyl/N-ethyl adjacent to an activating group) is 1. The van der Waals surface area contributed by atoms with Crippen molar-refractivity contribution in [3.05, 3.63) is 57.1 Å². The quantitative estimate of drug-likeness (QED) is 0.328. The topological polar surface area (TPSA) is 97.8 Å². The first kappa shape index (κ1) is 30.2. The molecule has 0 fully saturated rings. The summed E-state index contributed by atoms with van der Waals surface area (Å²) in [5, 5.41) is 4.10. The highest BCUT2D eigenvalue weighted by molar-refractivity contribution is 7.17. The maximum atomic E-state index is 13.7. The molecule has 2 aliphatic rings.